The zero-order chi connectivity index (χ0) is 19.6. The van der Waals surface area contributed by atoms with Crippen LogP contribution in [0.25, 0.3) is 10.6 Å². The van der Waals surface area contributed by atoms with Crippen LogP contribution in [0.5, 0.6) is 11.5 Å². The van der Waals surface area contributed by atoms with Gasteiger partial charge in [0.15, 0.2) is 0 Å². The van der Waals surface area contributed by atoms with Gasteiger partial charge in [0.25, 0.3) is 0 Å². The van der Waals surface area contributed by atoms with Crippen LogP contribution in [0.15, 0.2) is 18.2 Å². The first-order valence-electron chi connectivity index (χ1n) is 8.58. The van der Waals surface area contributed by atoms with Gasteiger partial charge in [0.05, 0.1) is 20.1 Å². The lowest BCUT2D eigenvalue weighted by Crippen LogP contribution is -2.33. The first-order valence-corrected chi connectivity index (χ1v) is 9.40. The highest BCUT2D eigenvalue weighted by atomic mass is 32.1. The van der Waals surface area contributed by atoms with Crippen molar-refractivity contribution in [3.63, 3.8) is 0 Å². The van der Waals surface area contributed by atoms with Gasteiger partial charge in [0.2, 0.25) is 16.9 Å². The van der Waals surface area contributed by atoms with Crippen LogP contribution >= 0.6 is 11.3 Å². The zero-order valence-electron chi connectivity index (χ0n) is 15.7. The normalized spacial score (nSPS) is 16.7. The molecular weight excluding hydrogens is 368 g/mol. The van der Waals surface area contributed by atoms with Gasteiger partial charge in [0, 0.05) is 30.6 Å². The third-order valence-electron chi connectivity index (χ3n) is 4.41. The van der Waals surface area contributed by atoms with Gasteiger partial charge >= 0.3 is 0 Å². The number of rotatable bonds is 6. The smallest absolute Gasteiger partial charge is 0.231 e. The molecule has 0 spiro atoms. The van der Waals surface area contributed by atoms with Gasteiger partial charge in [-0.2, -0.15) is 0 Å². The number of nitrogens with one attached hydrogen (secondary N) is 1. The Morgan fingerprint density at radius 3 is 2.44 bits per heavy atom. The second-order valence-electron chi connectivity index (χ2n) is 6.54. The number of anilines is 1. The summed E-state index contributed by atoms with van der Waals surface area (Å²) in [6.45, 7) is 4.32. The predicted molar refractivity (Wildman–Crippen MR) is 102 cm³/mol. The summed E-state index contributed by atoms with van der Waals surface area (Å²) in [4.78, 5) is 26.2. The number of ether oxygens (including phenoxy) is 2. The molecular formula is C18H22N4O4S. The van der Waals surface area contributed by atoms with E-state index in [9.17, 15) is 9.59 Å². The maximum Gasteiger partial charge on any atom is 0.231 e. The number of likely N-dealkylation sites (tertiary alicyclic amines) is 1. The summed E-state index contributed by atoms with van der Waals surface area (Å²) in [7, 11) is 3.15. The molecule has 1 saturated heterocycles. The third kappa shape index (κ3) is 4.19. The minimum absolute atomic E-state index is 0.00609. The summed E-state index contributed by atoms with van der Waals surface area (Å²) in [5.41, 5.74) is 0.784. The highest BCUT2D eigenvalue weighted by Gasteiger charge is 2.35. The van der Waals surface area contributed by atoms with Crippen molar-refractivity contribution in [2.45, 2.75) is 26.3 Å². The predicted octanol–water partition coefficient (Wildman–Crippen LogP) is 2.42. The molecule has 8 nitrogen and oxygen atoms in total. The van der Waals surface area contributed by atoms with Crippen LogP contribution in [-0.4, -0.2) is 53.7 Å². The van der Waals surface area contributed by atoms with Gasteiger partial charge in [-0.1, -0.05) is 11.3 Å². The average Bonchev–Trinajstić information content (AvgIpc) is 3.28. The topological polar surface area (TPSA) is 93.6 Å². The number of nitrogens with zero attached hydrogens (tertiary/aromatic N) is 3. The van der Waals surface area contributed by atoms with Gasteiger partial charge in [-0.25, -0.2) is 0 Å². The second-order valence-corrected chi connectivity index (χ2v) is 7.52. The van der Waals surface area contributed by atoms with Crippen molar-refractivity contribution >= 4 is 28.3 Å². The summed E-state index contributed by atoms with van der Waals surface area (Å²) in [5.74, 6) is 0.708. The van der Waals surface area contributed by atoms with E-state index in [1.165, 1.54) is 11.3 Å². The second kappa shape index (κ2) is 7.91. The largest absolute Gasteiger partial charge is 0.497 e. The van der Waals surface area contributed by atoms with Crippen molar-refractivity contribution in [2.75, 3.05) is 26.1 Å². The molecule has 1 N–H and O–H groups in total. The standard InChI is InChI=1S/C18H22N4O4S/c1-10(2)22-9-12(7-15(22)23)16(24)19-18-21-20-17(27-18)11-5-13(25-3)8-14(6-11)26-4/h5-6,8,10,12H,7,9H2,1-4H3,(H,19,21,24)/t12-/m0/s1. The highest BCUT2D eigenvalue weighted by Crippen LogP contribution is 2.33. The fraction of sp³-hybridized carbons (Fsp3) is 0.444. The maximum atomic E-state index is 12.5. The number of benzene rings is 1. The molecule has 0 radical (unpaired) electrons. The zero-order valence-corrected chi connectivity index (χ0v) is 16.5. The molecule has 9 heteroatoms. The Morgan fingerprint density at radius 1 is 1.22 bits per heavy atom. The van der Waals surface area contributed by atoms with Gasteiger partial charge in [-0.15, -0.1) is 10.2 Å². The van der Waals surface area contributed by atoms with E-state index in [0.29, 0.717) is 28.2 Å². The Balaban J connectivity index is 1.71. The summed E-state index contributed by atoms with van der Waals surface area (Å²) in [6.07, 6.45) is 0.225. The Labute approximate surface area is 161 Å². The molecule has 0 saturated carbocycles. The van der Waals surface area contributed by atoms with E-state index in [0.717, 1.165) is 5.56 Å². The van der Waals surface area contributed by atoms with E-state index < -0.39 is 0 Å². The Hall–Kier alpha value is -2.68. The lowest BCUT2D eigenvalue weighted by atomic mass is 10.1. The van der Waals surface area contributed by atoms with E-state index in [4.69, 9.17) is 9.47 Å². The van der Waals surface area contributed by atoms with E-state index in [1.807, 2.05) is 26.0 Å². The van der Waals surface area contributed by atoms with Crippen LogP contribution in [0.4, 0.5) is 5.13 Å². The van der Waals surface area contributed by atoms with Crippen molar-refractivity contribution < 1.29 is 19.1 Å². The minimum Gasteiger partial charge on any atom is -0.497 e. The molecule has 144 valence electrons. The van der Waals surface area contributed by atoms with Crippen LogP contribution in [-0.2, 0) is 9.59 Å². The van der Waals surface area contributed by atoms with Crippen LogP contribution in [0, 0.1) is 5.92 Å². The molecule has 3 rings (SSSR count). The first kappa shape index (κ1) is 19.1. The van der Waals surface area contributed by atoms with Crippen LogP contribution in [0.2, 0.25) is 0 Å². The molecule has 1 aliphatic heterocycles. The van der Waals surface area contributed by atoms with E-state index in [1.54, 1.807) is 25.2 Å². The molecule has 1 atom stereocenters. The molecule has 2 aromatic rings. The molecule has 0 aliphatic carbocycles. The lowest BCUT2D eigenvalue weighted by molar-refractivity contribution is -0.129. The summed E-state index contributed by atoms with van der Waals surface area (Å²) < 4.78 is 10.5. The van der Waals surface area contributed by atoms with Crippen molar-refractivity contribution in [3.8, 4) is 22.1 Å². The fourth-order valence-electron chi connectivity index (χ4n) is 2.94. The summed E-state index contributed by atoms with van der Waals surface area (Å²) >= 11 is 1.26. The quantitative estimate of drug-likeness (QED) is 0.814. The van der Waals surface area contributed by atoms with Crippen molar-refractivity contribution in [2.24, 2.45) is 5.92 Å². The fourth-order valence-corrected chi connectivity index (χ4v) is 3.67. The van der Waals surface area contributed by atoms with E-state index in [2.05, 4.69) is 15.5 Å². The van der Waals surface area contributed by atoms with Crippen LogP contribution < -0.4 is 14.8 Å². The monoisotopic (exact) mass is 390 g/mol. The molecule has 0 bridgehead atoms. The van der Waals surface area contributed by atoms with Crippen LogP contribution in [0.3, 0.4) is 0 Å². The number of carbonyl (C=O) groups is 2. The lowest BCUT2D eigenvalue weighted by Gasteiger charge is -2.20. The Bertz CT molecular complexity index is 829. The average molecular weight is 390 g/mol. The first-order chi connectivity index (χ1) is 12.9. The van der Waals surface area contributed by atoms with Crippen molar-refractivity contribution in [1.82, 2.24) is 15.1 Å². The number of methoxy groups -OCH3 is 2. The van der Waals surface area contributed by atoms with E-state index in [-0.39, 0.29) is 30.2 Å². The third-order valence-corrected chi connectivity index (χ3v) is 5.29. The number of hydrogen-bond acceptors (Lipinski definition) is 7. The van der Waals surface area contributed by atoms with Crippen molar-refractivity contribution in [1.29, 1.82) is 0 Å². The van der Waals surface area contributed by atoms with Gasteiger partial charge in [-0.05, 0) is 26.0 Å². The highest BCUT2D eigenvalue weighted by molar-refractivity contribution is 7.18. The number of carbonyl (C=O) groups excluding carboxylic acids is 2. The van der Waals surface area contributed by atoms with Gasteiger partial charge in [-0.3, -0.25) is 9.59 Å². The number of hydrogen-bond donors (Lipinski definition) is 1. The molecule has 1 aromatic heterocycles. The SMILES string of the molecule is COc1cc(OC)cc(-c2nnc(NC(=O)[C@H]3CC(=O)N(C(C)C)C3)s2)c1. The maximum absolute atomic E-state index is 12.5. The number of amides is 2. The molecule has 2 amide bonds. The summed E-state index contributed by atoms with van der Waals surface area (Å²) in [6, 6.07) is 5.51. The number of aromatic nitrogens is 2. The molecule has 2 heterocycles. The molecule has 1 fully saturated rings. The summed E-state index contributed by atoms with van der Waals surface area (Å²) in [5, 5.41) is 12.0. The minimum atomic E-state index is -0.371. The molecule has 1 aromatic carbocycles. The van der Waals surface area contributed by atoms with Crippen molar-refractivity contribution in [3.05, 3.63) is 18.2 Å². The van der Waals surface area contributed by atoms with E-state index >= 15 is 0 Å². The Kier molecular flexibility index (Phi) is 5.59. The molecule has 27 heavy (non-hydrogen) atoms. The van der Waals surface area contributed by atoms with Gasteiger partial charge in [0.1, 0.15) is 16.5 Å². The molecule has 0 unspecified atom stereocenters. The van der Waals surface area contributed by atoms with Crippen LogP contribution in [0.1, 0.15) is 20.3 Å². The van der Waals surface area contributed by atoms with Gasteiger partial charge < -0.3 is 19.7 Å². The Morgan fingerprint density at radius 2 is 1.89 bits per heavy atom. The molecule has 1 aliphatic rings.